The number of rotatable bonds is 0. The number of hydrogen-bond acceptors (Lipinski definition) is 1. The molecule has 1 saturated carbocycles. The lowest BCUT2D eigenvalue weighted by molar-refractivity contribution is 0.372. The van der Waals surface area contributed by atoms with Gasteiger partial charge >= 0.3 is 0 Å². The summed E-state index contributed by atoms with van der Waals surface area (Å²) in [6.07, 6.45) is -2.09. The molecule has 1 aliphatic carbocycles. The maximum atomic E-state index is 11.1. The predicted octanol–water partition coefficient (Wildman–Crippen LogP) is 1.23. The van der Waals surface area contributed by atoms with Gasteiger partial charge in [-0.05, 0) is 0 Å². The van der Waals surface area contributed by atoms with Crippen molar-refractivity contribution in [3.8, 4) is 0 Å². The average molecular weight is 95.1 g/mol. The van der Waals surface area contributed by atoms with E-state index < -0.39 is 12.3 Å². The van der Waals surface area contributed by atoms with Crippen LogP contribution in [0.2, 0.25) is 0 Å². The van der Waals surface area contributed by atoms with Crippen molar-refractivity contribution in [3.63, 3.8) is 0 Å². The van der Waals surface area contributed by atoms with Crippen molar-refractivity contribution in [2.45, 2.75) is 18.8 Å². The topological polar surface area (TPSA) is 35.0 Å². The van der Waals surface area contributed by atoms with Crippen LogP contribution in [0.1, 0.15) is 6.42 Å². The van der Waals surface area contributed by atoms with Gasteiger partial charge in [0.05, 0.1) is 0 Å². The summed E-state index contributed by atoms with van der Waals surface area (Å²) in [5.74, 6) is 0. The molecule has 1 aliphatic rings. The zero-order chi connectivity index (χ0) is 3.86. The fourth-order valence-corrected chi connectivity index (χ4v) is 0.137. The van der Waals surface area contributed by atoms with Gasteiger partial charge in [0, 0.05) is 6.42 Å². The maximum Gasteiger partial charge on any atom is 0.134 e. The summed E-state index contributed by atoms with van der Waals surface area (Å²) in [7, 11) is 0. The first-order chi connectivity index (χ1) is 2.30. The van der Waals surface area contributed by atoms with Crippen molar-refractivity contribution in [1.29, 1.82) is 0 Å². The molecule has 1 rings (SSSR count). The molecule has 0 aromatic carbocycles. The second kappa shape index (κ2) is 1.51. The van der Waals surface area contributed by atoms with E-state index in [2.05, 4.69) is 0 Å². The molecule has 38 valence electrons. The molecule has 1 nitrogen and oxygen atoms in total. The Labute approximate surface area is 34.9 Å². The largest absolute Gasteiger partial charge is 0.344 e. The molecule has 0 heterocycles. The van der Waals surface area contributed by atoms with Gasteiger partial charge in [0.2, 0.25) is 0 Å². The summed E-state index contributed by atoms with van der Waals surface area (Å²) in [6.45, 7) is 0. The highest BCUT2D eigenvalue weighted by Crippen LogP contribution is 2.27. The first-order valence-corrected chi connectivity index (χ1v) is 1.59. The number of hydrogen-bond donors (Lipinski definition) is 1. The third kappa shape index (κ3) is 0.897. The molecule has 0 aromatic heterocycles. The molecule has 0 saturated heterocycles. The molecular formula is C3H7F2N. The van der Waals surface area contributed by atoms with Crippen LogP contribution in [0.15, 0.2) is 0 Å². The molecule has 3 N–H and O–H groups in total. The van der Waals surface area contributed by atoms with E-state index in [-0.39, 0.29) is 12.6 Å². The highest BCUT2D eigenvalue weighted by atomic mass is 19.2. The Morgan fingerprint density at radius 2 is 1.33 bits per heavy atom. The Kier molecular flexibility index (Phi) is 1.47. The van der Waals surface area contributed by atoms with Crippen molar-refractivity contribution in [1.82, 2.24) is 6.15 Å². The summed E-state index contributed by atoms with van der Waals surface area (Å²) >= 11 is 0. The lowest BCUT2D eigenvalue weighted by Crippen LogP contribution is -1.68. The van der Waals surface area contributed by atoms with E-state index in [0.717, 1.165) is 0 Å². The van der Waals surface area contributed by atoms with E-state index in [1.54, 1.807) is 0 Å². The van der Waals surface area contributed by atoms with Crippen molar-refractivity contribution in [2.75, 3.05) is 0 Å². The number of halogens is 2. The minimum absolute atomic E-state index is 0. The van der Waals surface area contributed by atoms with Gasteiger partial charge in [-0.15, -0.1) is 0 Å². The highest BCUT2D eigenvalue weighted by molar-refractivity contribution is 4.85. The summed E-state index contributed by atoms with van der Waals surface area (Å²) in [5, 5.41) is 0. The Balaban J connectivity index is 0.000000250. The Bertz CT molecular complexity index is 42.1. The zero-order valence-corrected chi connectivity index (χ0v) is 3.32. The summed E-state index contributed by atoms with van der Waals surface area (Å²) < 4.78 is 22.3. The van der Waals surface area contributed by atoms with Gasteiger partial charge in [-0.2, -0.15) is 0 Å². The van der Waals surface area contributed by atoms with Crippen LogP contribution in [0.4, 0.5) is 8.78 Å². The Morgan fingerprint density at radius 3 is 1.33 bits per heavy atom. The third-order valence-electron chi connectivity index (χ3n) is 0.640. The minimum Gasteiger partial charge on any atom is -0.344 e. The van der Waals surface area contributed by atoms with Crippen molar-refractivity contribution < 1.29 is 8.78 Å². The second-order valence-corrected chi connectivity index (χ2v) is 1.27. The molecule has 1 fully saturated rings. The Hall–Kier alpha value is -0.180. The molecule has 0 amide bonds. The standard InChI is InChI=1S/C3H4F2.H3N/c4-2-1-3(2)5;/h2-3H,1H2;1H3. The van der Waals surface area contributed by atoms with Crippen LogP contribution < -0.4 is 6.15 Å². The normalized spacial score (nSPS) is 41.0. The van der Waals surface area contributed by atoms with Crippen LogP contribution in [0.5, 0.6) is 0 Å². The number of alkyl halides is 2. The lowest BCUT2D eigenvalue weighted by atomic mass is 10.9. The average Bonchev–Trinajstić information content (AvgIpc) is 1.79. The predicted molar refractivity (Wildman–Crippen MR) is 19.4 cm³/mol. The van der Waals surface area contributed by atoms with Crippen LogP contribution in [-0.2, 0) is 0 Å². The molecule has 0 bridgehead atoms. The van der Waals surface area contributed by atoms with Crippen molar-refractivity contribution >= 4 is 0 Å². The molecule has 6 heavy (non-hydrogen) atoms. The molecule has 3 heteroatoms. The van der Waals surface area contributed by atoms with Gasteiger partial charge in [0.15, 0.2) is 0 Å². The van der Waals surface area contributed by atoms with Crippen LogP contribution in [0.25, 0.3) is 0 Å². The van der Waals surface area contributed by atoms with E-state index >= 15 is 0 Å². The van der Waals surface area contributed by atoms with Gasteiger partial charge in [-0.1, -0.05) is 0 Å². The van der Waals surface area contributed by atoms with Crippen LogP contribution >= 0.6 is 0 Å². The molecule has 0 radical (unpaired) electrons. The van der Waals surface area contributed by atoms with Crippen LogP contribution in [0, 0.1) is 0 Å². The van der Waals surface area contributed by atoms with E-state index in [9.17, 15) is 8.78 Å². The Morgan fingerprint density at radius 1 is 1.17 bits per heavy atom. The molecule has 0 aliphatic heterocycles. The van der Waals surface area contributed by atoms with Crippen molar-refractivity contribution in [2.24, 2.45) is 0 Å². The second-order valence-electron chi connectivity index (χ2n) is 1.27. The van der Waals surface area contributed by atoms with E-state index in [0.29, 0.717) is 0 Å². The molecule has 0 spiro atoms. The zero-order valence-electron chi connectivity index (χ0n) is 3.32. The molecule has 2 atom stereocenters. The monoisotopic (exact) mass is 95.1 g/mol. The minimum atomic E-state index is -1.12. The van der Waals surface area contributed by atoms with Crippen LogP contribution in [0.3, 0.4) is 0 Å². The quantitative estimate of drug-likeness (QED) is 0.482. The van der Waals surface area contributed by atoms with Gasteiger partial charge in [0.25, 0.3) is 0 Å². The van der Waals surface area contributed by atoms with Crippen LogP contribution in [-0.4, -0.2) is 12.3 Å². The van der Waals surface area contributed by atoms with Gasteiger partial charge in [0.1, 0.15) is 12.3 Å². The smallest absolute Gasteiger partial charge is 0.134 e. The third-order valence-corrected chi connectivity index (χ3v) is 0.640. The molecular weight excluding hydrogens is 88.0 g/mol. The lowest BCUT2D eigenvalue weighted by Gasteiger charge is -1.60. The van der Waals surface area contributed by atoms with E-state index in [1.165, 1.54) is 0 Å². The summed E-state index contributed by atoms with van der Waals surface area (Å²) in [4.78, 5) is 0. The summed E-state index contributed by atoms with van der Waals surface area (Å²) in [6, 6.07) is 0. The van der Waals surface area contributed by atoms with Gasteiger partial charge in [-0.25, -0.2) is 8.78 Å². The van der Waals surface area contributed by atoms with Gasteiger partial charge in [-0.3, -0.25) is 0 Å². The fraction of sp³-hybridized carbons (Fsp3) is 1.00. The summed E-state index contributed by atoms with van der Waals surface area (Å²) in [5.41, 5.74) is 0. The van der Waals surface area contributed by atoms with Crippen molar-refractivity contribution in [3.05, 3.63) is 0 Å². The van der Waals surface area contributed by atoms with Gasteiger partial charge < -0.3 is 6.15 Å². The first-order valence-electron chi connectivity index (χ1n) is 1.59. The van der Waals surface area contributed by atoms with E-state index in [4.69, 9.17) is 0 Å². The SMILES string of the molecule is FC1CC1F.N. The highest BCUT2D eigenvalue weighted by Gasteiger charge is 2.37. The maximum absolute atomic E-state index is 11.1. The van der Waals surface area contributed by atoms with E-state index in [1.807, 2.05) is 0 Å². The molecule has 0 aromatic rings. The first kappa shape index (κ1) is 5.82. The fourth-order valence-electron chi connectivity index (χ4n) is 0.137. The molecule has 2 unspecified atom stereocenters.